The van der Waals surface area contributed by atoms with Gasteiger partial charge in [0, 0.05) is 29.1 Å². The number of hydrogen-bond acceptors (Lipinski definition) is 0. The molecule has 1 nitrogen and oxygen atoms in total. The normalized spacial score (nSPS) is 12.7. The largest absolute Gasteiger partial charge is 0.335 e. The fourth-order valence-electron chi connectivity index (χ4n) is 9.23. The Hall–Kier alpha value is -5.92. The summed E-state index contributed by atoms with van der Waals surface area (Å²) < 4.78 is 2.70. The van der Waals surface area contributed by atoms with Crippen molar-refractivity contribution in [1.29, 1.82) is 0 Å². The zero-order chi connectivity index (χ0) is 31.5. The van der Waals surface area contributed by atoms with Crippen LogP contribution in [0.5, 0.6) is 0 Å². The summed E-state index contributed by atoms with van der Waals surface area (Å²) >= 11 is 0. The van der Waals surface area contributed by atoms with E-state index in [1.54, 1.807) is 0 Å². The molecule has 1 aliphatic carbocycles. The number of nitrogens with zero attached hydrogens (tertiary/aromatic N) is 1. The molecule has 224 valence electrons. The van der Waals surface area contributed by atoms with Crippen LogP contribution in [0.4, 0.5) is 0 Å². The second-order valence-corrected chi connectivity index (χ2v) is 13.7. The highest BCUT2D eigenvalue weighted by Gasteiger charge is 2.28. The molecule has 9 aromatic carbocycles. The van der Waals surface area contributed by atoms with Crippen molar-refractivity contribution < 1.29 is 0 Å². The minimum atomic E-state index is 0.787. The van der Waals surface area contributed by atoms with E-state index in [2.05, 4.69) is 157 Å². The summed E-state index contributed by atoms with van der Waals surface area (Å²) in [5, 5.41) is 16.0. The highest BCUT2D eigenvalue weighted by molar-refractivity contribution is 6.30. The molecule has 0 saturated carbocycles. The highest BCUT2D eigenvalue weighted by atomic mass is 15.0. The van der Waals surface area contributed by atoms with Crippen LogP contribution in [0, 0.1) is 6.92 Å². The molecule has 0 aliphatic heterocycles. The maximum atomic E-state index is 2.70. The number of aryl methyl sites for hydroxylation is 1. The lowest BCUT2D eigenvalue weighted by Crippen LogP contribution is -2.04. The number of benzene rings is 9. The van der Waals surface area contributed by atoms with Gasteiger partial charge in [0.25, 0.3) is 0 Å². The Bertz CT molecular complexity index is 3010. The van der Waals surface area contributed by atoms with E-state index in [0.29, 0.717) is 0 Å². The van der Waals surface area contributed by atoms with E-state index >= 15 is 0 Å². The van der Waals surface area contributed by atoms with E-state index in [4.69, 9.17) is 0 Å². The van der Waals surface area contributed by atoms with Crippen LogP contribution in [0.15, 0.2) is 146 Å². The molecular weight excluding hydrogens is 579 g/mol. The molecule has 0 N–H and O–H groups in total. The van der Waals surface area contributed by atoms with Crippen molar-refractivity contribution in [1.82, 2.24) is 4.57 Å². The van der Waals surface area contributed by atoms with E-state index in [0.717, 1.165) is 13.0 Å². The smallest absolute Gasteiger partial charge is 0.0574 e. The Morgan fingerprint density at radius 2 is 1.08 bits per heavy atom. The van der Waals surface area contributed by atoms with E-state index in [9.17, 15) is 0 Å². The molecule has 0 spiro atoms. The second kappa shape index (κ2) is 9.56. The molecule has 0 saturated heterocycles. The lowest BCUT2D eigenvalue weighted by molar-refractivity contribution is 0.874. The van der Waals surface area contributed by atoms with Crippen LogP contribution in [0.3, 0.4) is 0 Å². The van der Waals surface area contributed by atoms with Crippen molar-refractivity contribution in [2.75, 3.05) is 0 Å². The number of aromatic nitrogens is 1. The van der Waals surface area contributed by atoms with Crippen LogP contribution in [-0.4, -0.2) is 4.57 Å². The van der Waals surface area contributed by atoms with E-state index in [1.165, 1.54) is 109 Å². The maximum absolute atomic E-state index is 2.70. The molecule has 1 aromatic heterocycles. The predicted octanol–water partition coefficient (Wildman–Crippen LogP) is 12.5. The molecule has 1 aliphatic rings. The van der Waals surface area contributed by atoms with E-state index in [1.807, 2.05) is 0 Å². The Morgan fingerprint density at radius 3 is 1.88 bits per heavy atom. The lowest BCUT2D eigenvalue weighted by Gasteiger charge is -2.18. The van der Waals surface area contributed by atoms with Crippen molar-refractivity contribution in [3.05, 3.63) is 168 Å². The summed E-state index contributed by atoms with van der Waals surface area (Å²) in [7, 11) is 0. The summed E-state index contributed by atoms with van der Waals surface area (Å²) in [5.41, 5.74) is 11.0. The van der Waals surface area contributed by atoms with Crippen LogP contribution in [0.1, 0.15) is 22.3 Å². The van der Waals surface area contributed by atoms with Crippen LogP contribution < -0.4 is 0 Å². The summed E-state index contributed by atoms with van der Waals surface area (Å²) in [6, 6.07) is 54.6. The number of rotatable bonds is 2. The van der Waals surface area contributed by atoms with Gasteiger partial charge in [-0.3, -0.25) is 0 Å². The average molecular weight is 610 g/mol. The molecular formula is C47H31N. The Balaban J connectivity index is 1.34. The van der Waals surface area contributed by atoms with Crippen molar-refractivity contribution in [2.24, 2.45) is 0 Å². The van der Waals surface area contributed by atoms with Crippen molar-refractivity contribution in [2.45, 2.75) is 19.9 Å². The third kappa shape index (κ3) is 3.40. The molecule has 48 heavy (non-hydrogen) atoms. The fourth-order valence-corrected chi connectivity index (χ4v) is 9.23. The van der Waals surface area contributed by atoms with Crippen LogP contribution >= 0.6 is 0 Å². The van der Waals surface area contributed by atoms with Gasteiger partial charge in [0.2, 0.25) is 0 Å². The first-order valence-corrected chi connectivity index (χ1v) is 17.0. The molecule has 0 unspecified atom stereocenters. The summed E-state index contributed by atoms with van der Waals surface area (Å²) in [5.74, 6) is 0. The molecule has 0 bridgehead atoms. The zero-order valence-corrected chi connectivity index (χ0v) is 26.7. The second-order valence-electron chi connectivity index (χ2n) is 13.7. The van der Waals surface area contributed by atoms with E-state index < -0.39 is 0 Å². The molecule has 0 fully saturated rings. The van der Waals surface area contributed by atoms with Crippen molar-refractivity contribution in [3.63, 3.8) is 0 Å². The van der Waals surface area contributed by atoms with Crippen LogP contribution in [0.25, 0.3) is 86.8 Å². The Labute approximate surface area is 278 Å². The van der Waals surface area contributed by atoms with Crippen LogP contribution in [-0.2, 0) is 13.0 Å². The molecule has 1 heterocycles. The lowest BCUT2D eigenvalue weighted by atomic mass is 9.90. The summed E-state index contributed by atoms with van der Waals surface area (Å²) in [6.07, 6.45) is 0.948. The highest BCUT2D eigenvalue weighted by Crippen LogP contribution is 2.50. The van der Waals surface area contributed by atoms with Gasteiger partial charge in [-0.05, 0) is 83.2 Å². The fraction of sp³-hybridized carbons (Fsp3) is 0.0638. The number of hydrogen-bond donors (Lipinski definition) is 0. The standard InChI is InChI=1S/C47H31N/c1-28-24-31(43-37-19-9-8-17-35(37)34-16-6-7-18-36(34)41(43)25-28)27-48-46-33-15-5-2-12-29(33)22-23-40(46)45-39-21-11-10-20-38(39)44-32-14-4-3-13-30(32)26-42(44)47(45)48/h2-25H,26-27H2,1H3. The van der Waals surface area contributed by atoms with E-state index in [-0.39, 0.29) is 0 Å². The van der Waals surface area contributed by atoms with Crippen molar-refractivity contribution >= 4 is 75.7 Å². The predicted molar refractivity (Wildman–Crippen MR) is 205 cm³/mol. The van der Waals surface area contributed by atoms with Gasteiger partial charge in [0.15, 0.2) is 0 Å². The molecule has 11 rings (SSSR count). The minimum absolute atomic E-state index is 0.787. The number of fused-ring (bicyclic) bond motifs is 18. The summed E-state index contributed by atoms with van der Waals surface area (Å²) in [6.45, 7) is 3.05. The SMILES string of the molecule is Cc1cc(Cn2c3c4c(c5ccccc5c3c3ccc5ccccc5c32)-c2ccccc2C4)c2c3ccccc3c3ccccc3c2c1. The van der Waals surface area contributed by atoms with Gasteiger partial charge in [0.05, 0.1) is 11.0 Å². The first kappa shape index (κ1) is 26.2. The maximum Gasteiger partial charge on any atom is 0.0574 e. The third-order valence-electron chi connectivity index (χ3n) is 11.1. The Morgan fingerprint density at radius 1 is 0.479 bits per heavy atom. The molecule has 1 heteroatoms. The van der Waals surface area contributed by atoms with Crippen molar-refractivity contribution in [3.8, 4) is 11.1 Å². The average Bonchev–Trinajstić information content (AvgIpc) is 3.68. The Kier molecular flexibility index (Phi) is 5.21. The quantitative estimate of drug-likeness (QED) is 0.172. The van der Waals surface area contributed by atoms with Gasteiger partial charge >= 0.3 is 0 Å². The molecule has 0 radical (unpaired) electrons. The topological polar surface area (TPSA) is 4.93 Å². The molecule has 10 aromatic rings. The van der Waals surface area contributed by atoms with Gasteiger partial charge in [-0.15, -0.1) is 0 Å². The minimum Gasteiger partial charge on any atom is -0.335 e. The van der Waals surface area contributed by atoms with Gasteiger partial charge in [-0.2, -0.15) is 0 Å². The molecule has 0 amide bonds. The summed E-state index contributed by atoms with van der Waals surface area (Å²) in [4.78, 5) is 0. The first-order valence-electron chi connectivity index (χ1n) is 17.0. The van der Waals surface area contributed by atoms with Crippen LogP contribution in [0.2, 0.25) is 0 Å². The third-order valence-corrected chi connectivity index (χ3v) is 11.1. The monoisotopic (exact) mass is 609 g/mol. The first-order chi connectivity index (χ1) is 23.7. The molecule has 0 atom stereocenters. The zero-order valence-electron chi connectivity index (χ0n) is 26.7. The van der Waals surface area contributed by atoms with Gasteiger partial charge < -0.3 is 4.57 Å². The van der Waals surface area contributed by atoms with Gasteiger partial charge in [-0.25, -0.2) is 0 Å². The van der Waals surface area contributed by atoms with Gasteiger partial charge in [0.1, 0.15) is 0 Å². The van der Waals surface area contributed by atoms with Gasteiger partial charge in [-0.1, -0.05) is 151 Å².